The van der Waals surface area contributed by atoms with Gasteiger partial charge < -0.3 is 31.5 Å². The van der Waals surface area contributed by atoms with E-state index in [9.17, 15) is 24.3 Å². The van der Waals surface area contributed by atoms with Crippen LogP contribution in [0.3, 0.4) is 0 Å². The maximum absolute atomic E-state index is 13.3. The fourth-order valence-electron chi connectivity index (χ4n) is 3.24. The average molecular weight is 499 g/mol. The van der Waals surface area contributed by atoms with Gasteiger partial charge in [-0.15, -0.1) is 0 Å². The lowest BCUT2D eigenvalue weighted by Gasteiger charge is -2.26. The topological polar surface area (TPSA) is 160 Å². The number of alkyl carbamates (subject to hydrolysis) is 1. The van der Waals surface area contributed by atoms with E-state index in [-0.39, 0.29) is 18.6 Å². The van der Waals surface area contributed by atoms with Crippen LogP contribution in [-0.2, 0) is 32.0 Å². The molecule has 0 bridgehead atoms. The average Bonchev–Trinajstić information content (AvgIpc) is 2.78. The fraction of sp³-hybridized carbons (Fsp3) is 0.385. The molecule has 0 radical (unpaired) electrons. The highest BCUT2D eigenvalue weighted by Crippen LogP contribution is 2.13. The van der Waals surface area contributed by atoms with Crippen molar-refractivity contribution in [3.05, 3.63) is 65.7 Å². The number of ether oxygens (including phenoxy) is 1. The molecule has 10 heteroatoms. The molecule has 6 N–H and O–H groups in total. The minimum atomic E-state index is -1.09. The molecule has 0 heterocycles. The predicted molar refractivity (Wildman–Crippen MR) is 134 cm³/mol. The summed E-state index contributed by atoms with van der Waals surface area (Å²) < 4.78 is 5.30. The van der Waals surface area contributed by atoms with Gasteiger partial charge in [-0.1, -0.05) is 42.5 Å². The second kappa shape index (κ2) is 12.6. The molecule has 2 aromatic rings. The summed E-state index contributed by atoms with van der Waals surface area (Å²) in [6, 6.07) is 12.1. The molecule has 10 nitrogen and oxygen atoms in total. The van der Waals surface area contributed by atoms with Crippen molar-refractivity contribution in [3.63, 3.8) is 0 Å². The molecular weight excluding hydrogens is 464 g/mol. The minimum absolute atomic E-state index is 0.0584. The Morgan fingerprint density at radius 1 is 0.833 bits per heavy atom. The number of nitrogens with one attached hydrogen (secondary N) is 3. The maximum atomic E-state index is 13.3. The van der Waals surface area contributed by atoms with E-state index < -0.39 is 47.5 Å². The standard InChI is InChI=1S/C26H34N4O6/c1-16(22(27)32)28-23(33)20(14-17-8-6-5-7-9-17)29-24(34)21(30-25(35)36-26(2,3)4)15-18-10-12-19(31)13-11-18/h5-13,16,20-21,31H,14-15H2,1-4H3,(H2,27,32)(H,28,33)(H,29,34)(H,30,35)/t16-,20-,21-/m1/s1. The number of phenols is 1. The lowest BCUT2D eigenvalue weighted by molar-refractivity contribution is -0.131. The van der Waals surface area contributed by atoms with Crippen molar-refractivity contribution in [1.29, 1.82) is 0 Å². The highest BCUT2D eigenvalue weighted by Gasteiger charge is 2.30. The number of rotatable bonds is 10. The Morgan fingerprint density at radius 2 is 1.33 bits per heavy atom. The molecule has 3 atom stereocenters. The molecule has 4 amide bonds. The summed E-state index contributed by atoms with van der Waals surface area (Å²) in [5.41, 5.74) is 5.92. The van der Waals surface area contributed by atoms with Crippen LogP contribution in [0, 0.1) is 0 Å². The van der Waals surface area contributed by atoms with Gasteiger partial charge in [0.15, 0.2) is 0 Å². The van der Waals surface area contributed by atoms with Crippen LogP contribution in [-0.4, -0.2) is 52.6 Å². The quantitative estimate of drug-likeness (QED) is 0.334. The molecule has 0 aliphatic carbocycles. The highest BCUT2D eigenvalue weighted by molar-refractivity contribution is 5.93. The number of hydrogen-bond acceptors (Lipinski definition) is 6. The van der Waals surface area contributed by atoms with E-state index in [4.69, 9.17) is 10.5 Å². The molecular formula is C26H34N4O6. The van der Waals surface area contributed by atoms with Crippen LogP contribution >= 0.6 is 0 Å². The zero-order valence-electron chi connectivity index (χ0n) is 20.9. The monoisotopic (exact) mass is 498 g/mol. The Labute approximate surface area is 210 Å². The molecule has 0 fully saturated rings. The first kappa shape index (κ1) is 28.2. The van der Waals surface area contributed by atoms with Crippen molar-refractivity contribution in [3.8, 4) is 5.75 Å². The summed E-state index contributed by atoms with van der Waals surface area (Å²) in [6.07, 6.45) is -0.585. The van der Waals surface area contributed by atoms with E-state index >= 15 is 0 Å². The summed E-state index contributed by atoms with van der Waals surface area (Å²) in [5, 5.41) is 17.3. The van der Waals surface area contributed by atoms with Crippen molar-refractivity contribution in [2.24, 2.45) is 5.73 Å². The third-order valence-corrected chi connectivity index (χ3v) is 5.08. The van der Waals surface area contributed by atoms with Crippen molar-refractivity contribution < 1.29 is 29.0 Å². The Balaban J connectivity index is 2.27. The Morgan fingerprint density at radius 3 is 1.86 bits per heavy atom. The first-order valence-corrected chi connectivity index (χ1v) is 11.6. The van der Waals surface area contributed by atoms with E-state index in [0.717, 1.165) is 5.56 Å². The molecule has 0 saturated carbocycles. The second-order valence-corrected chi connectivity index (χ2v) is 9.45. The van der Waals surface area contributed by atoms with Gasteiger partial charge >= 0.3 is 6.09 Å². The maximum Gasteiger partial charge on any atom is 0.408 e. The van der Waals surface area contributed by atoms with Gasteiger partial charge in [-0.25, -0.2) is 4.79 Å². The Bertz CT molecular complexity index is 1050. The minimum Gasteiger partial charge on any atom is -0.508 e. The number of carbonyl (C=O) groups excluding carboxylic acids is 4. The van der Waals surface area contributed by atoms with Crippen LogP contribution in [0.2, 0.25) is 0 Å². The highest BCUT2D eigenvalue weighted by atomic mass is 16.6. The van der Waals surface area contributed by atoms with Crippen molar-refractivity contribution >= 4 is 23.8 Å². The van der Waals surface area contributed by atoms with Crippen LogP contribution < -0.4 is 21.7 Å². The van der Waals surface area contributed by atoms with Crippen LogP contribution in [0.15, 0.2) is 54.6 Å². The Kier molecular flexibility index (Phi) is 9.83. The summed E-state index contributed by atoms with van der Waals surface area (Å²) >= 11 is 0. The van der Waals surface area contributed by atoms with E-state index in [1.54, 1.807) is 57.2 Å². The summed E-state index contributed by atoms with van der Waals surface area (Å²) in [6.45, 7) is 6.53. The molecule has 36 heavy (non-hydrogen) atoms. The van der Waals surface area contributed by atoms with Crippen LogP contribution in [0.4, 0.5) is 4.79 Å². The van der Waals surface area contributed by atoms with E-state index in [1.165, 1.54) is 19.1 Å². The molecule has 0 aliphatic rings. The number of benzene rings is 2. The van der Waals surface area contributed by atoms with Crippen molar-refractivity contribution in [2.45, 2.75) is 64.3 Å². The van der Waals surface area contributed by atoms with Gasteiger partial charge in [0.25, 0.3) is 0 Å². The predicted octanol–water partition coefficient (Wildman–Crippen LogP) is 1.55. The lowest BCUT2D eigenvalue weighted by atomic mass is 10.0. The third-order valence-electron chi connectivity index (χ3n) is 5.08. The van der Waals surface area contributed by atoms with Gasteiger partial charge in [-0.3, -0.25) is 14.4 Å². The fourth-order valence-corrected chi connectivity index (χ4v) is 3.24. The van der Waals surface area contributed by atoms with E-state index in [0.29, 0.717) is 5.56 Å². The number of phenolic OH excluding ortho intramolecular Hbond substituents is 1. The molecule has 2 aromatic carbocycles. The van der Waals surface area contributed by atoms with E-state index in [1.807, 2.05) is 6.07 Å². The third kappa shape index (κ3) is 9.65. The summed E-state index contributed by atoms with van der Waals surface area (Å²) in [4.78, 5) is 50.2. The second-order valence-electron chi connectivity index (χ2n) is 9.45. The number of aromatic hydroxyl groups is 1. The van der Waals surface area contributed by atoms with Crippen LogP contribution in [0.1, 0.15) is 38.8 Å². The molecule has 0 saturated heterocycles. The van der Waals surface area contributed by atoms with Crippen molar-refractivity contribution in [1.82, 2.24) is 16.0 Å². The van der Waals surface area contributed by atoms with Gasteiger partial charge in [0.05, 0.1) is 0 Å². The normalized spacial score (nSPS) is 13.6. The molecule has 0 spiro atoms. The van der Waals surface area contributed by atoms with Crippen LogP contribution in [0.5, 0.6) is 5.75 Å². The number of nitrogens with two attached hydrogens (primary N) is 1. The van der Waals surface area contributed by atoms with Crippen LogP contribution in [0.25, 0.3) is 0 Å². The zero-order valence-corrected chi connectivity index (χ0v) is 20.9. The smallest absolute Gasteiger partial charge is 0.408 e. The SMILES string of the molecule is C[C@@H](NC(=O)[C@@H](Cc1ccccc1)NC(=O)[C@@H](Cc1ccc(O)cc1)NC(=O)OC(C)(C)C)C(N)=O. The lowest BCUT2D eigenvalue weighted by Crippen LogP contribution is -2.57. The summed E-state index contributed by atoms with van der Waals surface area (Å²) in [7, 11) is 0. The van der Waals surface area contributed by atoms with Crippen molar-refractivity contribution in [2.75, 3.05) is 0 Å². The first-order valence-electron chi connectivity index (χ1n) is 11.6. The molecule has 0 aromatic heterocycles. The largest absolute Gasteiger partial charge is 0.508 e. The Hall–Kier alpha value is -4.08. The molecule has 0 aliphatic heterocycles. The van der Waals surface area contributed by atoms with E-state index in [2.05, 4.69) is 16.0 Å². The number of amides is 4. The molecule has 194 valence electrons. The number of primary amides is 1. The van der Waals surface area contributed by atoms with Gasteiger partial charge in [0.2, 0.25) is 17.7 Å². The molecule has 0 unspecified atom stereocenters. The number of hydrogen-bond donors (Lipinski definition) is 5. The van der Waals surface area contributed by atoms with Gasteiger partial charge in [-0.2, -0.15) is 0 Å². The number of carbonyl (C=O) groups is 4. The zero-order chi connectivity index (χ0) is 26.9. The van der Waals surface area contributed by atoms with Gasteiger partial charge in [-0.05, 0) is 51.0 Å². The van der Waals surface area contributed by atoms with Gasteiger partial charge in [0, 0.05) is 12.8 Å². The first-order chi connectivity index (χ1) is 16.8. The molecule has 2 rings (SSSR count). The van der Waals surface area contributed by atoms with Gasteiger partial charge in [0.1, 0.15) is 29.5 Å². The summed E-state index contributed by atoms with van der Waals surface area (Å²) in [5.74, 6) is -1.89.